The third kappa shape index (κ3) is 14.6. The van der Waals surface area contributed by atoms with Crippen molar-refractivity contribution in [3.05, 3.63) is 23.8 Å². The van der Waals surface area contributed by atoms with Crippen LogP contribution in [0.2, 0.25) is 0 Å². The molecule has 2 unspecified atom stereocenters. The van der Waals surface area contributed by atoms with Gasteiger partial charge in [0.05, 0.1) is 0 Å². The number of carbonyl (C=O) groups excluding carboxylic acids is 3. The summed E-state index contributed by atoms with van der Waals surface area (Å²) in [6.07, 6.45) is 0.667. The number of ether oxygens (including phenoxy) is 4. The number of hydrogen-bond donors (Lipinski definition) is 2. The molecule has 0 amide bonds. The van der Waals surface area contributed by atoms with E-state index in [1.54, 1.807) is 19.9 Å². The normalized spacial score (nSPS) is 13.5. The SMILES string of the molecule is CCC(C)OC(=O)OC(C)CN[C@@H](Cc1ccc(OC(=O)CCC(C)C)c(OC(=O)CCC(C)C)c1)C(=O)O. The fourth-order valence-corrected chi connectivity index (χ4v) is 3.28. The van der Waals surface area contributed by atoms with Gasteiger partial charge in [0.25, 0.3) is 0 Å². The maximum Gasteiger partial charge on any atom is 0.508 e. The van der Waals surface area contributed by atoms with Crippen molar-refractivity contribution in [2.75, 3.05) is 6.54 Å². The Hall–Kier alpha value is -3.14. The lowest BCUT2D eigenvalue weighted by Gasteiger charge is -2.20. The number of hydrogen-bond acceptors (Lipinski definition) is 9. The van der Waals surface area contributed by atoms with E-state index in [-0.39, 0.29) is 43.4 Å². The van der Waals surface area contributed by atoms with Crippen LogP contribution < -0.4 is 14.8 Å². The molecule has 2 N–H and O–H groups in total. The summed E-state index contributed by atoms with van der Waals surface area (Å²) in [5.41, 5.74) is 0.549. The highest BCUT2D eigenvalue weighted by atomic mass is 16.7. The fraction of sp³-hybridized carbons (Fsp3) is 0.655. The molecule has 39 heavy (non-hydrogen) atoms. The number of rotatable bonds is 17. The second-order valence-corrected chi connectivity index (χ2v) is 10.6. The number of aliphatic carboxylic acids is 1. The molecule has 0 spiro atoms. The molecule has 0 heterocycles. The van der Waals surface area contributed by atoms with Crippen LogP contribution >= 0.6 is 0 Å². The molecule has 1 rings (SSSR count). The van der Waals surface area contributed by atoms with Crippen molar-refractivity contribution >= 4 is 24.1 Å². The van der Waals surface area contributed by atoms with Crippen LogP contribution in [0.25, 0.3) is 0 Å². The molecule has 10 nitrogen and oxygen atoms in total. The highest BCUT2D eigenvalue weighted by molar-refractivity contribution is 5.77. The van der Waals surface area contributed by atoms with Gasteiger partial charge in [-0.2, -0.15) is 0 Å². The Bertz CT molecular complexity index is 945. The Kier molecular flexibility index (Phi) is 15.2. The van der Waals surface area contributed by atoms with Gasteiger partial charge in [-0.05, 0) is 69.1 Å². The quantitative estimate of drug-likeness (QED) is 0.194. The topological polar surface area (TPSA) is 137 Å². The van der Waals surface area contributed by atoms with Crippen molar-refractivity contribution in [3.63, 3.8) is 0 Å². The van der Waals surface area contributed by atoms with Crippen molar-refractivity contribution in [1.29, 1.82) is 0 Å². The van der Waals surface area contributed by atoms with Gasteiger partial charge in [0.15, 0.2) is 11.5 Å². The van der Waals surface area contributed by atoms with Crippen molar-refractivity contribution in [2.45, 2.75) is 105 Å². The third-order valence-corrected chi connectivity index (χ3v) is 5.87. The van der Waals surface area contributed by atoms with Crippen LogP contribution in [0, 0.1) is 11.8 Å². The van der Waals surface area contributed by atoms with E-state index in [2.05, 4.69) is 5.32 Å². The molecule has 0 saturated heterocycles. The molecule has 0 radical (unpaired) electrons. The van der Waals surface area contributed by atoms with Crippen LogP contribution in [-0.4, -0.2) is 54.0 Å². The minimum absolute atomic E-state index is 0.0392. The smallest absolute Gasteiger partial charge is 0.480 e. The minimum Gasteiger partial charge on any atom is -0.480 e. The molecule has 0 aliphatic carbocycles. The summed E-state index contributed by atoms with van der Waals surface area (Å²) in [5, 5.41) is 12.6. The molecule has 0 bridgehead atoms. The van der Waals surface area contributed by atoms with Gasteiger partial charge in [0, 0.05) is 19.4 Å². The number of benzene rings is 1. The first-order valence-corrected chi connectivity index (χ1v) is 13.7. The summed E-state index contributed by atoms with van der Waals surface area (Å²) in [5.74, 6) is -1.22. The van der Waals surface area contributed by atoms with Crippen LogP contribution in [-0.2, 0) is 30.3 Å². The number of carbonyl (C=O) groups is 4. The number of nitrogens with one attached hydrogen (secondary N) is 1. The van der Waals surface area contributed by atoms with E-state index in [4.69, 9.17) is 18.9 Å². The van der Waals surface area contributed by atoms with Gasteiger partial charge in [0.2, 0.25) is 0 Å². The summed E-state index contributed by atoms with van der Waals surface area (Å²) in [6, 6.07) is 3.62. The Morgan fingerprint density at radius 2 is 1.36 bits per heavy atom. The van der Waals surface area contributed by atoms with Crippen molar-refractivity contribution in [1.82, 2.24) is 5.32 Å². The summed E-state index contributed by atoms with van der Waals surface area (Å²) in [7, 11) is 0. The molecule has 1 aromatic rings. The standard InChI is InChI=1S/C29H45NO9/c1-8-20(6)36-29(35)37-21(7)17-30-23(28(33)34)15-22-11-12-24(38-26(31)13-9-18(2)3)25(16-22)39-27(32)14-10-19(4)5/h11-12,16,18-21,23,30H,8-10,13-15,17H2,1-7H3,(H,33,34)/t20?,21?,23-/m0/s1. The Labute approximate surface area is 231 Å². The lowest BCUT2D eigenvalue weighted by Crippen LogP contribution is -2.42. The van der Waals surface area contributed by atoms with E-state index in [9.17, 15) is 24.3 Å². The van der Waals surface area contributed by atoms with Crippen LogP contribution in [0.1, 0.15) is 86.1 Å². The fourth-order valence-electron chi connectivity index (χ4n) is 3.28. The van der Waals surface area contributed by atoms with E-state index in [1.165, 1.54) is 12.1 Å². The minimum atomic E-state index is -1.11. The molecule has 220 valence electrons. The zero-order valence-electron chi connectivity index (χ0n) is 24.3. The molecule has 0 saturated carbocycles. The maximum absolute atomic E-state index is 12.4. The van der Waals surface area contributed by atoms with Crippen LogP contribution in [0.5, 0.6) is 11.5 Å². The monoisotopic (exact) mass is 551 g/mol. The predicted molar refractivity (Wildman–Crippen MR) is 146 cm³/mol. The second kappa shape index (κ2) is 17.4. The van der Waals surface area contributed by atoms with E-state index >= 15 is 0 Å². The van der Waals surface area contributed by atoms with Gasteiger partial charge in [-0.1, -0.05) is 40.7 Å². The van der Waals surface area contributed by atoms with Crippen molar-refractivity contribution < 1.29 is 43.2 Å². The number of esters is 2. The molecular formula is C29H45NO9. The predicted octanol–water partition coefficient (Wildman–Crippen LogP) is 5.30. The lowest BCUT2D eigenvalue weighted by atomic mass is 10.0. The first-order chi connectivity index (χ1) is 18.3. The van der Waals surface area contributed by atoms with Gasteiger partial charge < -0.3 is 29.4 Å². The highest BCUT2D eigenvalue weighted by Gasteiger charge is 2.22. The average Bonchev–Trinajstić information content (AvgIpc) is 2.85. The first-order valence-electron chi connectivity index (χ1n) is 13.7. The van der Waals surface area contributed by atoms with Gasteiger partial charge in [-0.3, -0.25) is 14.4 Å². The van der Waals surface area contributed by atoms with Gasteiger partial charge in [-0.25, -0.2) is 4.79 Å². The van der Waals surface area contributed by atoms with E-state index in [1.807, 2.05) is 34.6 Å². The summed E-state index contributed by atoms with van der Waals surface area (Å²) >= 11 is 0. The van der Waals surface area contributed by atoms with Crippen LogP contribution in [0.4, 0.5) is 4.79 Å². The zero-order valence-corrected chi connectivity index (χ0v) is 24.3. The largest absolute Gasteiger partial charge is 0.508 e. The number of carboxylic acids is 1. The van der Waals surface area contributed by atoms with E-state index < -0.39 is 36.2 Å². The molecule has 0 aromatic heterocycles. The van der Waals surface area contributed by atoms with Crippen molar-refractivity contribution in [2.24, 2.45) is 11.8 Å². The lowest BCUT2D eigenvalue weighted by molar-refractivity contribution is -0.139. The van der Waals surface area contributed by atoms with Gasteiger partial charge in [0.1, 0.15) is 18.2 Å². The highest BCUT2D eigenvalue weighted by Crippen LogP contribution is 2.30. The summed E-state index contributed by atoms with van der Waals surface area (Å²) in [6.45, 7) is 13.3. The third-order valence-electron chi connectivity index (χ3n) is 5.87. The van der Waals surface area contributed by atoms with Gasteiger partial charge in [-0.15, -0.1) is 0 Å². The van der Waals surface area contributed by atoms with E-state index in [0.29, 0.717) is 36.7 Å². The zero-order chi connectivity index (χ0) is 29.5. The molecule has 0 aliphatic rings. The van der Waals surface area contributed by atoms with Crippen LogP contribution in [0.3, 0.4) is 0 Å². The Morgan fingerprint density at radius 1 is 0.821 bits per heavy atom. The molecular weight excluding hydrogens is 506 g/mol. The molecule has 0 fully saturated rings. The molecule has 10 heteroatoms. The Morgan fingerprint density at radius 3 is 1.87 bits per heavy atom. The Balaban J connectivity index is 2.96. The molecule has 1 aromatic carbocycles. The van der Waals surface area contributed by atoms with E-state index in [0.717, 1.165) is 0 Å². The van der Waals surface area contributed by atoms with Crippen LogP contribution in [0.15, 0.2) is 18.2 Å². The maximum atomic E-state index is 12.4. The molecule has 3 atom stereocenters. The van der Waals surface area contributed by atoms with Gasteiger partial charge >= 0.3 is 24.1 Å². The molecule has 0 aliphatic heterocycles. The second-order valence-electron chi connectivity index (χ2n) is 10.6. The summed E-state index contributed by atoms with van der Waals surface area (Å²) < 4.78 is 21.3. The van der Waals surface area contributed by atoms with Crippen molar-refractivity contribution in [3.8, 4) is 11.5 Å². The first kappa shape index (κ1) is 33.9. The number of carboxylic acid groups (broad SMARTS) is 1. The summed E-state index contributed by atoms with van der Waals surface area (Å²) in [4.78, 5) is 48.5. The average molecular weight is 552 g/mol.